The Bertz CT molecular complexity index is 1490. The zero-order valence-corrected chi connectivity index (χ0v) is 22.8. The van der Waals surface area contributed by atoms with Gasteiger partial charge < -0.3 is 4.74 Å². The Morgan fingerprint density at radius 3 is 2.21 bits per heavy atom. The number of anilines is 1. The van der Waals surface area contributed by atoms with Crippen LogP contribution in [-0.4, -0.2) is 36.7 Å². The van der Waals surface area contributed by atoms with Crippen LogP contribution >= 0.6 is 11.3 Å². The summed E-state index contributed by atoms with van der Waals surface area (Å²) in [5.74, 6) is 1.78. The second-order valence-electron chi connectivity index (χ2n) is 9.72. The van der Waals surface area contributed by atoms with E-state index < -0.39 is 10.0 Å². The lowest BCUT2D eigenvalue weighted by molar-refractivity contribution is 0.102. The van der Waals surface area contributed by atoms with Gasteiger partial charge in [-0.3, -0.25) is 10.1 Å². The fraction of sp³-hybridized carbons (Fsp3) is 0.241. The van der Waals surface area contributed by atoms with E-state index in [0.29, 0.717) is 35.6 Å². The molecule has 1 fully saturated rings. The van der Waals surface area contributed by atoms with Gasteiger partial charge in [0.2, 0.25) is 10.0 Å². The maximum absolute atomic E-state index is 13.1. The Labute approximate surface area is 227 Å². The van der Waals surface area contributed by atoms with Crippen LogP contribution in [0.3, 0.4) is 0 Å². The average molecular weight is 548 g/mol. The van der Waals surface area contributed by atoms with Gasteiger partial charge in [-0.15, -0.1) is 11.3 Å². The molecule has 1 saturated heterocycles. The number of para-hydroxylation sites is 1. The summed E-state index contributed by atoms with van der Waals surface area (Å²) in [6.45, 7) is 5.18. The third kappa shape index (κ3) is 5.96. The number of aromatic nitrogens is 1. The molecule has 0 spiro atoms. The molecule has 5 rings (SSSR count). The number of amides is 1. The first-order valence-electron chi connectivity index (χ1n) is 12.5. The van der Waals surface area contributed by atoms with Crippen LogP contribution in [0.4, 0.5) is 5.13 Å². The van der Waals surface area contributed by atoms with E-state index in [2.05, 4.69) is 24.1 Å². The molecule has 1 aliphatic heterocycles. The van der Waals surface area contributed by atoms with Crippen molar-refractivity contribution < 1.29 is 17.9 Å². The van der Waals surface area contributed by atoms with Crippen LogP contribution in [0.1, 0.15) is 30.6 Å². The number of benzene rings is 3. The van der Waals surface area contributed by atoms with Crippen molar-refractivity contribution in [1.82, 2.24) is 9.29 Å². The van der Waals surface area contributed by atoms with E-state index in [-0.39, 0.29) is 10.8 Å². The largest absolute Gasteiger partial charge is 0.457 e. The van der Waals surface area contributed by atoms with Crippen molar-refractivity contribution in [3.63, 3.8) is 0 Å². The maximum atomic E-state index is 13.1. The molecule has 4 aromatic rings. The number of carbonyl (C=O) groups is 1. The highest BCUT2D eigenvalue weighted by Crippen LogP contribution is 2.29. The van der Waals surface area contributed by atoms with Crippen LogP contribution in [0.15, 0.2) is 89.1 Å². The maximum Gasteiger partial charge on any atom is 0.257 e. The number of nitrogens with one attached hydrogen (secondary N) is 1. The summed E-state index contributed by atoms with van der Waals surface area (Å²) in [5.41, 5.74) is 2.00. The Morgan fingerprint density at radius 1 is 0.921 bits per heavy atom. The third-order valence-corrected chi connectivity index (χ3v) is 9.05. The smallest absolute Gasteiger partial charge is 0.257 e. The lowest BCUT2D eigenvalue weighted by Crippen LogP contribution is -2.42. The SMILES string of the molecule is CC1CC(C)CN(S(=O)(=O)c2ccc(C(=O)Nc3nc(-c4ccc(Oc5ccccc5)cc4)cs3)cc2)C1. The molecule has 2 atom stereocenters. The molecule has 196 valence electrons. The zero-order chi connectivity index (χ0) is 26.7. The molecule has 1 aliphatic rings. The Morgan fingerprint density at radius 2 is 1.55 bits per heavy atom. The second-order valence-corrected chi connectivity index (χ2v) is 12.5. The van der Waals surface area contributed by atoms with E-state index in [1.54, 1.807) is 16.4 Å². The first-order chi connectivity index (χ1) is 18.3. The molecule has 0 bridgehead atoms. The molecule has 0 radical (unpaired) electrons. The van der Waals surface area contributed by atoms with Gasteiger partial charge in [-0.1, -0.05) is 32.0 Å². The normalized spacial score (nSPS) is 18.2. The fourth-order valence-corrected chi connectivity index (χ4v) is 7.08. The molecule has 9 heteroatoms. The molecule has 7 nitrogen and oxygen atoms in total. The van der Waals surface area contributed by atoms with E-state index in [9.17, 15) is 13.2 Å². The van der Waals surface area contributed by atoms with Crippen molar-refractivity contribution in [3.8, 4) is 22.8 Å². The highest BCUT2D eigenvalue weighted by Gasteiger charge is 2.31. The predicted molar refractivity (Wildman–Crippen MR) is 150 cm³/mol. The van der Waals surface area contributed by atoms with E-state index in [0.717, 1.165) is 29.2 Å². The van der Waals surface area contributed by atoms with Gasteiger partial charge in [0.1, 0.15) is 11.5 Å². The summed E-state index contributed by atoms with van der Waals surface area (Å²) in [7, 11) is -3.60. The number of rotatable bonds is 7. The van der Waals surface area contributed by atoms with E-state index >= 15 is 0 Å². The highest BCUT2D eigenvalue weighted by atomic mass is 32.2. The minimum absolute atomic E-state index is 0.201. The van der Waals surface area contributed by atoms with Crippen LogP contribution < -0.4 is 10.1 Å². The standard InChI is InChI=1S/C29H29N3O4S2/c1-20-16-21(2)18-32(17-20)38(34,35)26-14-10-23(11-15-26)28(33)31-29-30-27(19-37-29)22-8-12-25(13-9-22)36-24-6-4-3-5-7-24/h3-15,19-21H,16-18H2,1-2H3,(H,30,31,33). The minimum atomic E-state index is -3.60. The molecule has 1 amide bonds. The molecular formula is C29H29N3O4S2. The van der Waals surface area contributed by atoms with Crippen LogP contribution in [-0.2, 0) is 10.0 Å². The summed E-state index contributed by atoms with van der Waals surface area (Å²) in [6.07, 6.45) is 1.03. The lowest BCUT2D eigenvalue weighted by atomic mass is 9.94. The van der Waals surface area contributed by atoms with Gasteiger partial charge in [0.15, 0.2) is 5.13 Å². The molecular weight excluding hydrogens is 518 g/mol. The fourth-order valence-electron chi connectivity index (χ4n) is 4.68. The monoisotopic (exact) mass is 547 g/mol. The summed E-state index contributed by atoms with van der Waals surface area (Å²) in [5, 5.41) is 5.14. The Kier molecular flexibility index (Phi) is 7.60. The van der Waals surface area contributed by atoms with Crippen LogP contribution in [0.2, 0.25) is 0 Å². The van der Waals surface area contributed by atoms with Crippen molar-refractivity contribution >= 4 is 32.4 Å². The summed E-state index contributed by atoms with van der Waals surface area (Å²) < 4.78 is 33.6. The number of nitrogens with zero attached hydrogens (tertiary/aromatic N) is 2. The van der Waals surface area contributed by atoms with Crippen molar-refractivity contribution in [1.29, 1.82) is 0 Å². The van der Waals surface area contributed by atoms with Gasteiger partial charge in [-0.2, -0.15) is 4.31 Å². The van der Waals surface area contributed by atoms with Crippen molar-refractivity contribution in [2.75, 3.05) is 18.4 Å². The molecule has 1 N–H and O–H groups in total. The number of ether oxygens (including phenoxy) is 1. The van der Waals surface area contributed by atoms with Gasteiger partial charge in [0, 0.05) is 29.6 Å². The molecule has 0 saturated carbocycles. The molecule has 2 heterocycles. The summed E-state index contributed by atoms with van der Waals surface area (Å²) in [6, 6.07) is 23.2. The number of hydrogen-bond acceptors (Lipinski definition) is 6. The van der Waals surface area contributed by atoms with E-state index in [1.165, 1.54) is 23.5 Å². The predicted octanol–water partition coefficient (Wildman–Crippen LogP) is 6.52. The lowest BCUT2D eigenvalue weighted by Gasteiger charge is -2.34. The number of thiazole rings is 1. The Hall–Kier alpha value is -3.53. The van der Waals surface area contributed by atoms with Gasteiger partial charge in [-0.25, -0.2) is 13.4 Å². The van der Waals surface area contributed by atoms with Crippen LogP contribution in [0.5, 0.6) is 11.5 Å². The molecule has 1 aromatic heterocycles. The first kappa shape index (κ1) is 26.1. The summed E-state index contributed by atoms with van der Waals surface area (Å²) >= 11 is 1.32. The topological polar surface area (TPSA) is 88.6 Å². The zero-order valence-electron chi connectivity index (χ0n) is 21.2. The minimum Gasteiger partial charge on any atom is -0.457 e. The average Bonchev–Trinajstić information content (AvgIpc) is 3.37. The van der Waals surface area contributed by atoms with Gasteiger partial charge >= 0.3 is 0 Å². The number of carbonyl (C=O) groups excluding carboxylic acids is 1. The van der Waals surface area contributed by atoms with Gasteiger partial charge in [0.05, 0.1) is 10.6 Å². The number of piperidine rings is 1. The third-order valence-electron chi connectivity index (χ3n) is 6.44. The highest BCUT2D eigenvalue weighted by molar-refractivity contribution is 7.89. The van der Waals surface area contributed by atoms with E-state index in [1.807, 2.05) is 60.0 Å². The van der Waals surface area contributed by atoms with Crippen LogP contribution in [0, 0.1) is 11.8 Å². The Balaban J connectivity index is 1.22. The summed E-state index contributed by atoms with van der Waals surface area (Å²) in [4.78, 5) is 17.5. The van der Waals surface area contributed by atoms with Gasteiger partial charge in [0.25, 0.3) is 5.91 Å². The van der Waals surface area contributed by atoms with Gasteiger partial charge in [-0.05, 0) is 78.9 Å². The molecule has 0 aliphatic carbocycles. The van der Waals surface area contributed by atoms with Crippen molar-refractivity contribution in [3.05, 3.63) is 89.8 Å². The molecule has 3 aromatic carbocycles. The van der Waals surface area contributed by atoms with Crippen molar-refractivity contribution in [2.45, 2.75) is 25.2 Å². The second kappa shape index (κ2) is 11.1. The quantitative estimate of drug-likeness (QED) is 0.285. The number of sulfonamides is 1. The molecule has 2 unspecified atom stereocenters. The first-order valence-corrected chi connectivity index (χ1v) is 14.8. The van der Waals surface area contributed by atoms with Crippen LogP contribution in [0.25, 0.3) is 11.3 Å². The number of hydrogen-bond donors (Lipinski definition) is 1. The van der Waals surface area contributed by atoms with Crippen molar-refractivity contribution in [2.24, 2.45) is 11.8 Å². The van der Waals surface area contributed by atoms with E-state index in [4.69, 9.17) is 4.74 Å². The molecule has 38 heavy (non-hydrogen) atoms.